The molecule has 0 unspecified atom stereocenters. The van der Waals surface area contributed by atoms with Crippen molar-refractivity contribution in [1.82, 2.24) is 20.3 Å². The van der Waals surface area contributed by atoms with Crippen LogP contribution < -0.4 is 15.1 Å². The van der Waals surface area contributed by atoms with Crippen LogP contribution in [0.25, 0.3) is 22.2 Å². The van der Waals surface area contributed by atoms with Gasteiger partial charge in [-0.25, -0.2) is 14.4 Å². The number of rotatable bonds is 7. The maximum Gasteiger partial charge on any atom is 0.191 e. The van der Waals surface area contributed by atoms with Crippen molar-refractivity contribution in [2.75, 3.05) is 42.6 Å². The van der Waals surface area contributed by atoms with Crippen LogP contribution in [0.1, 0.15) is 41.9 Å². The molecule has 2 aliphatic rings. The van der Waals surface area contributed by atoms with Crippen molar-refractivity contribution in [2.45, 2.75) is 38.6 Å². The van der Waals surface area contributed by atoms with E-state index >= 15 is 4.39 Å². The Morgan fingerprint density at radius 2 is 2.10 bits per heavy atom. The van der Waals surface area contributed by atoms with Crippen LogP contribution in [0.5, 0.6) is 0 Å². The van der Waals surface area contributed by atoms with Gasteiger partial charge in [0.2, 0.25) is 0 Å². The molecule has 4 aromatic rings. The molecule has 0 amide bonds. The predicted octanol–water partition coefficient (Wildman–Crippen LogP) is 4.88. The van der Waals surface area contributed by atoms with Gasteiger partial charge in [-0.2, -0.15) is 5.26 Å². The van der Waals surface area contributed by atoms with Crippen molar-refractivity contribution in [2.24, 2.45) is 0 Å². The van der Waals surface area contributed by atoms with Gasteiger partial charge in [-0.3, -0.25) is 4.98 Å². The third kappa shape index (κ3) is 4.93. The molecule has 4 heterocycles. The van der Waals surface area contributed by atoms with E-state index in [1.165, 1.54) is 11.3 Å². The molecule has 1 saturated heterocycles. The number of hydrogen-bond acceptors (Lipinski definition) is 9. The van der Waals surface area contributed by atoms with Crippen molar-refractivity contribution in [1.29, 1.82) is 5.26 Å². The smallest absolute Gasteiger partial charge is 0.191 e. The van der Waals surface area contributed by atoms with Gasteiger partial charge in [-0.1, -0.05) is 11.3 Å². The molecule has 1 saturated carbocycles. The van der Waals surface area contributed by atoms with Gasteiger partial charge < -0.3 is 20.2 Å². The topological polar surface area (TPSA) is 101 Å². The Kier molecular flexibility index (Phi) is 6.89. The number of aromatic nitrogens is 3. The first-order valence-electron chi connectivity index (χ1n) is 13.3. The zero-order valence-corrected chi connectivity index (χ0v) is 22.8. The number of pyridine rings is 2. The van der Waals surface area contributed by atoms with E-state index in [1.807, 2.05) is 32.0 Å². The average molecular weight is 544 g/mol. The van der Waals surface area contributed by atoms with Crippen LogP contribution in [-0.4, -0.2) is 58.9 Å². The van der Waals surface area contributed by atoms with E-state index < -0.39 is 0 Å². The van der Waals surface area contributed by atoms with Crippen molar-refractivity contribution < 1.29 is 9.50 Å². The SMILES string of the molecule is CCN(c1nc(-c2ccc(C)nc2)c(C#N)s1)c1cc(C2CC2)nc2c(F)cc(N3CCN[C@H](CO)C3)cc12. The Labute approximate surface area is 230 Å². The summed E-state index contributed by atoms with van der Waals surface area (Å²) in [4.78, 5) is 18.7. The average Bonchev–Trinajstić information content (AvgIpc) is 3.73. The van der Waals surface area contributed by atoms with Crippen LogP contribution in [0.2, 0.25) is 0 Å². The molecule has 2 fully saturated rings. The summed E-state index contributed by atoms with van der Waals surface area (Å²) in [5.74, 6) is -0.0192. The fourth-order valence-electron chi connectivity index (χ4n) is 5.16. The third-order valence-corrected chi connectivity index (χ3v) is 8.41. The Hall–Kier alpha value is -3.65. The highest BCUT2D eigenvalue weighted by atomic mass is 32.1. The maximum absolute atomic E-state index is 15.7. The lowest BCUT2D eigenvalue weighted by atomic mass is 10.1. The molecule has 1 aliphatic carbocycles. The number of piperazine rings is 1. The number of halogens is 1. The molecule has 3 aromatic heterocycles. The van der Waals surface area contributed by atoms with Gasteiger partial charge in [0.05, 0.1) is 12.3 Å². The second kappa shape index (κ2) is 10.5. The summed E-state index contributed by atoms with van der Waals surface area (Å²) in [6.07, 6.45) is 3.84. The lowest BCUT2D eigenvalue weighted by molar-refractivity contribution is 0.235. The minimum atomic E-state index is -0.357. The van der Waals surface area contributed by atoms with Crippen LogP contribution in [0.3, 0.4) is 0 Å². The van der Waals surface area contributed by atoms with Gasteiger partial charge in [0.1, 0.15) is 22.2 Å². The van der Waals surface area contributed by atoms with Crippen LogP contribution in [0.15, 0.2) is 36.5 Å². The highest BCUT2D eigenvalue weighted by Crippen LogP contribution is 2.45. The molecule has 0 radical (unpaired) electrons. The lowest BCUT2D eigenvalue weighted by Crippen LogP contribution is -2.52. The van der Waals surface area contributed by atoms with Gasteiger partial charge in [0.15, 0.2) is 10.9 Å². The Morgan fingerprint density at radius 1 is 1.26 bits per heavy atom. The largest absolute Gasteiger partial charge is 0.395 e. The Bertz CT molecular complexity index is 1560. The first kappa shape index (κ1) is 25.6. The second-order valence-electron chi connectivity index (χ2n) is 10.2. The van der Waals surface area contributed by atoms with E-state index in [1.54, 1.807) is 12.3 Å². The minimum absolute atomic E-state index is 0.0256. The van der Waals surface area contributed by atoms with Gasteiger partial charge in [0, 0.05) is 72.4 Å². The highest BCUT2D eigenvalue weighted by molar-refractivity contribution is 7.16. The van der Waals surface area contributed by atoms with Gasteiger partial charge in [0.25, 0.3) is 0 Å². The van der Waals surface area contributed by atoms with Crippen molar-refractivity contribution in [3.8, 4) is 17.3 Å². The molecule has 1 atom stereocenters. The minimum Gasteiger partial charge on any atom is -0.395 e. The number of nitrogens with zero attached hydrogens (tertiary/aromatic N) is 6. The molecule has 8 nitrogen and oxygen atoms in total. The molecule has 6 rings (SSSR count). The van der Waals surface area contributed by atoms with Gasteiger partial charge in [-0.15, -0.1) is 0 Å². The molecule has 0 spiro atoms. The zero-order chi connectivity index (χ0) is 27.1. The fraction of sp³-hybridized carbons (Fsp3) is 0.379. The summed E-state index contributed by atoms with van der Waals surface area (Å²) in [5, 5.41) is 24.3. The molecule has 0 bridgehead atoms. The van der Waals surface area contributed by atoms with E-state index in [2.05, 4.69) is 32.2 Å². The number of aryl methyl sites for hydroxylation is 1. The lowest BCUT2D eigenvalue weighted by Gasteiger charge is -2.35. The first-order valence-corrected chi connectivity index (χ1v) is 14.2. The molecule has 10 heteroatoms. The number of nitrogens with one attached hydrogen (secondary N) is 1. The van der Waals surface area contributed by atoms with E-state index in [4.69, 9.17) is 9.97 Å². The van der Waals surface area contributed by atoms with Crippen LogP contribution in [-0.2, 0) is 0 Å². The number of benzene rings is 1. The fourth-order valence-corrected chi connectivity index (χ4v) is 6.12. The number of fused-ring (bicyclic) bond motifs is 1. The van der Waals surface area contributed by atoms with E-state index in [9.17, 15) is 10.4 Å². The maximum atomic E-state index is 15.7. The number of anilines is 3. The monoisotopic (exact) mass is 543 g/mol. The molecule has 200 valence electrons. The summed E-state index contributed by atoms with van der Waals surface area (Å²) in [6.45, 7) is 6.58. The molecular weight excluding hydrogens is 513 g/mol. The van der Waals surface area contributed by atoms with Crippen molar-refractivity contribution in [3.63, 3.8) is 0 Å². The van der Waals surface area contributed by atoms with Gasteiger partial charge in [-0.05, 0) is 57.0 Å². The normalized spacial score (nSPS) is 17.4. The van der Waals surface area contributed by atoms with E-state index in [-0.39, 0.29) is 18.5 Å². The predicted molar refractivity (Wildman–Crippen MR) is 152 cm³/mol. The highest BCUT2D eigenvalue weighted by Gasteiger charge is 2.29. The summed E-state index contributed by atoms with van der Waals surface area (Å²) >= 11 is 1.33. The number of thiazole rings is 1. The van der Waals surface area contributed by atoms with Crippen LogP contribution in [0.4, 0.5) is 20.9 Å². The second-order valence-corrected chi connectivity index (χ2v) is 11.1. The molecule has 2 N–H and O–H groups in total. The first-order chi connectivity index (χ1) is 19.0. The molecular formula is C29H30FN7OS. The van der Waals surface area contributed by atoms with Crippen LogP contribution in [0, 0.1) is 24.1 Å². The van der Waals surface area contributed by atoms with Crippen LogP contribution >= 0.6 is 11.3 Å². The van der Waals surface area contributed by atoms with E-state index in [0.717, 1.165) is 41.2 Å². The van der Waals surface area contributed by atoms with Gasteiger partial charge >= 0.3 is 0 Å². The summed E-state index contributed by atoms with van der Waals surface area (Å²) < 4.78 is 15.7. The summed E-state index contributed by atoms with van der Waals surface area (Å²) in [5.41, 5.74) is 5.14. The Morgan fingerprint density at radius 3 is 2.79 bits per heavy atom. The number of hydrogen-bond donors (Lipinski definition) is 2. The molecule has 39 heavy (non-hydrogen) atoms. The Balaban J connectivity index is 1.49. The zero-order valence-electron chi connectivity index (χ0n) is 22.0. The number of aliphatic hydroxyl groups excluding tert-OH is 1. The summed E-state index contributed by atoms with van der Waals surface area (Å²) in [6, 6.07) is 11.7. The van der Waals surface area contributed by atoms with Crippen molar-refractivity contribution in [3.05, 3.63) is 58.6 Å². The molecule has 1 aromatic carbocycles. The molecule has 1 aliphatic heterocycles. The van der Waals surface area contributed by atoms with E-state index in [0.29, 0.717) is 58.7 Å². The number of aliphatic hydroxyl groups is 1. The third-order valence-electron chi connectivity index (χ3n) is 7.43. The quantitative estimate of drug-likeness (QED) is 0.340. The standard InChI is InChI=1S/C29H30FN7OS/c1-3-37(29-35-27(26(13-31)39-29)19-5-4-17(2)33-14-19)25-12-24(18-6-7-18)34-28-22(25)10-21(11-23(28)30)36-9-8-32-20(15-36)16-38/h4-5,10-12,14,18,20,32,38H,3,6-9,15-16H2,1-2H3/t20-/m0/s1. The summed E-state index contributed by atoms with van der Waals surface area (Å²) in [7, 11) is 0. The van der Waals surface area contributed by atoms with Crippen molar-refractivity contribution >= 4 is 38.7 Å². The number of nitriles is 1.